The Morgan fingerprint density at radius 3 is 2.25 bits per heavy atom. The summed E-state index contributed by atoms with van der Waals surface area (Å²) in [4.78, 5) is 11.4. The van der Waals surface area contributed by atoms with Gasteiger partial charge in [0.15, 0.2) is 0 Å². The SMILES string of the molecule is CCC(=O)OC1=CCC(O)(C(C)(C)C)C(C(C)(C)C)=C1. The Morgan fingerprint density at radius 2 is 1.85 bits per heavy atom. The van der Waals surface area contributed by atoms with Crippen LogP contribution in [0.4, 0.5) is 0 Å². The molecule has 114 valence electrons. The molecule has 0 amide bonds. The van der Waals surface area contributed by atoms with Gasteiger partial charge in [0, 0.05) is 12.8 Å². The molecule has 1 atom stereocenters. The maximum Gasteiger partial charge on any atom is 0.310 e. The molecule has 0 aromatic carbocycles. The summed E-state index contributed by atoms with van der Waals surface area (Å²) >= 11 is 0. The van der Waals surface area contributed by atoms with E-state index < -0.39 is 5.60 Å². The number of carbonyl (C=O) groups is 1. The van der Waals surface area contributed by atoms with Crippen molar-refractivity contribution in [1.29, 1.82) is 0 Å². The summed E-state index contributed by atoms with van der Waals surface area (Å²) in [6.45, 7) is 14.1. The zero-order chi connectivity index (χ0) is 15.8. The molecule has 1 N–H and O–H groups in total. The fraction of sp³-hybridized carbons (Fsp3) is 0.706. The van der Waals surface area contributed by atoms with Crippen molar-refractivity contribution in [3.8, 4) is 0 Å². The molecule has 1 unspecified atom stereocenters. The van der Waals surface area contributed by atoms with Crippen molar-refractivity contribution >= 4 is 5.97 Å². The number of hydrogen-bond acceptors (Lipinski definition) is 3. The van der Waals surface area contributed by atoms with Crippen molar-refractivity contribution in [2.24, 2.45) is 10.8 Å². The van der Waals surface area contributed by atoms with Gasteiger partial charge < -0.3 is 9.84 Å². The van der Waals surface area contributed by atoms with Gasteiger partial charge in [-0.05, 0) is 28.6 Å². The minimum absolute atomic E-state index is 0.194. The van der Waals surface area contributed by atoms with Crippen LogP contribution in [0.1, 0.15) is 61.3 Å². The Kier molecular flexibility index (Phi) is 4.55. The van der Waals surface area contributed by atoms with E-state index in [1.807, 2.05) is 32.9 Å². The van der Waals surface area contributed by atoms with Gasteiger partial charge in [0.1, 0.15) is 5.76 Å². The molecule has 3 nitrogen and oxygen atoms in total. The predicted molar refractivity (Wildman–Crippen MR) is 81.0 cm³/mol. The maximum atomic E-state index is 11.4. The van der Waals surface area contributed by atoms with Crippen LogP contribution >= 0.6 is 0 Å². The van der Waals surface area contributed by atoms with Crippen molar-refractivity contribution in [2.75, 3.05) is 0 Å². The highest BCUT2D eigenvalue weighted by atomic mass is 16.5. The summed E-state index contributed by atoms with van der Waals surface area (Å²) in [5.41, 5.74) is -0.491. The third kappa shape index (κ3) is 3.32. The number of carbonyl (C=O) groups excluding carboxylic acids is 1. The molecule has 1 rings (SSSR count). The van der Waals surface area contributed by atoms with Crippen LogP contribution in [0.3, 0.4) is 0 Å². The molecule has 1 aliphatic rings. The summed E-state index contributed by atoms with van der Waals surface area (Å²) < 4.78 is 5.31. The van der Waals surface area contributed by atoms with E-state index in [0.717, 1.165) is 5.57 Å². The lowest BCUT2D eigenvalue weighted by molar-refractivity contribution is -0.138. The van der Waals surface area contributed by atoms with Crippen molar-refractivity contribution in [2.45, 2.75) is 66.9 Å². The van der Waals surface area contributed by atoms with Crippen LogP contribution in [-0.2, 0) is 9.53 Å². The van der Waals surface area contributed by atoms with Crippen LogP contribution in [0.15, 0.2) is 23.5 Å². The van der Waals surface area contributed by atoms with Gasteiger partial charge in [-0.1, -0.05) is 48.5 Å². The second kappa shape index (κ2) is 5.36. The number of rotatable bonds is 2. The second-order valence-electron chi connectivity index (χ2n) is 7.56. The molecule has 0 aromatic rings. The lowest BCUT2D eigenvalue weighted by atomic mass is 9.62. The Hall–Kier alpha value is -1.09. The van der Waals surface area contributed by atoms with E-state index in [2.05, 4.69) is 20.8 Å². The van der Waals surface area contributed by atoms with Crippen LogP contribution in [0.5, 0.6) is 0 Å². The van der Waals surface area contributed by atoms with Gasteiger partial charge in [-0.2, -0.15) is 0 Å². The third-order valence-corrected chi connectivity index (χ3v) is 3.90. The van der Waals surface area contributed by atoms with Gasteiger partial charge >= 0.3 is 5.97 Å². The molecule has 1 aliphatic carbocycles. The molecule has 0 bridgehead atoms. The molecule has 0 saturated carbocycles. The van der Waals surface area contributed by atoms with E-state index in [9.17, 15) is 9.90 Å². The van der Waals surface area contributed by atoms with E-state index in [4.69, 9.17) is 4.74 Å². The third-order valence-electron chi connectivity index (χ3n) is 3.90. The highest BCUT2D eigenvalue weighted by Crippen LogP contribution is 2.48. The predicted octanol–water partition coefficient (Wildman–Crippen LogP) is 3.98. The monoisotopic (exact) mass is 280 g/mol. The summed E-state index contributed by atoms with van der Waals surface area (Å²) in [6, 6.07) is 0. The fourth-order valence-corrected chi connectivity index (χ4v) is 2.50. The maximum absolute atomic E-state index is 11.4. The smallest absolute Gasteiger partial charge is 0.310 e. The van der Waals surface area contributed by atoms with Gasteiger partial charge in [0.25, 0.3) is 0 Å². The Morgan fingerprint density at radius 1 is 1.30 bits per heavy atom. The van der Waals surface area contributed by atoms with Crippen molar-refractivity contribution in [1.82, 2.24) is 0 Å². The minimum Gasteiger partial charge on any atom is -0.427 e. The molecule has 0 heterocycles. The second-order valence-corrected chi connectivity index (χ2v) is 7.56. The van der Waals surface area contributed by atoms with E-state index in [-0.39, 0.29) is 16.8 Å². The highest BCUT2D eigenvalue weighted by Gasteiger charge is 2.47. The molecule has 0 aliphatic heterocycles. The summed E-state index contributed by atoms with van der Waals surface area (Å²) in [6.07, 6.45) is 4.46. The lowest BCUT2D eigenvalue weighted by Crippen LogP contribution is -2.48. The molecule has 20 heavy (non-hydrogen) atoms. The zero-order valence-electron chi connectivity index (χ0n) is 13.8. The van der Waals surface area contributed by atoms with Crippen molar-refractivity contribution in [3.05, 3.63) is 23.5 Å². The van der Waals surface area contributed by atoms with Crippen LogP contribution in [0, 0.1) is 10.8 Å². The quantitative estimate of drug-likeness (QED) is 0.778. The van der Waals surface area contributed by atoms with E-state index in [1.54, 1.807) is 6.92 Å². The van der Waals surface area contributed by atoms with E-state index >= 15 is 0 Å². The molecule has 0 aromatic heterocycles. The number of esters is 1. The average molecular weight is 280 g/mol. The van der Waals surface area contributed by atoms with Crippen LogP contribution < -0.4 is 0 Å². The summed E-state index contributed by atoms with van der Waals surface area (Å²) in [5, 5.41) is 11.2. The normalized spacial score (nSPS) is 24.0. The molecular formula is C17H28O3. The summed E-state index contributed by atoms with van der Waals surface area (Å²) in [5.74, 6) is 0.303. The molecular weight excluding hydrogens is 252 g/mol. The Balaban J connectivity index is 3.21. The van der Waals surface area contributed by atoms with Crippen LogP contribution in [0.2, 0.25) is 0 Å². The van der Waals surface area contributed by atoms with Crippen LogP contribution in [-0.4, -0.2) is 16.7 Å². The molecule has 0 saturated heterocycles. The minimum atomic E-state index is -0.923. The first-order valence-electron chi connectivity index (χ1n) is 7.27. The van der Waals surface area contributed by atoms with E-state index in [1.165, 1.54) is 0 Å². The van der Waals surface area contributed by atoms with Gasteiger partial charge in [-0.15, -0.1) is 0 Å². The zero-order valence-corrected chi connectivity index (χ0v) is 13.8. The van der Waals surface area contributed by atoms with Gasteiger partial charge in [-0.3, -0.25) is 4.79 Å². The van der Waals surface area contributed by atoms with E-state index in [0.29, 0.717) is 18.6 Å². The van der Waals surface area contributed by atoms with Gasteiger partial charge in [-0.25, -0.2) is 0 Å². The number of hydrogen-bond donors (Lipinski definition) is 1. The van der Waals surface area contributed by atoms with Gasteiger partial charge in [0.2, 0.25) is 0 Å². The number of allylic oxidation sites excluding steroid dienone is 1. The lowest BCUT2D eigenvalue weighted by Gasteiger charge is -2.47. The highest BCUT2D eigenvalue weighted by molar-refractivity contribution is 5.70. The molecule has 0 fully saturated rings. The largest absolute Gasteiger partial charge is 0.427 e. The average Bonchev–Trinajstić information content (AvgIpc) is 2.28. The Bertz CT molecular complexity index is 444. The number of ether oxygens (including phenoxy) is 1. The molecule has 0 spiro atoms. The first kappa shape index (κ1) is 17.0. The fourth-order valence-electron chi connectivity index (χ4n) is 2.50. The summed E-state index contributed by atoms with van der Waals surface area (Å²) in [7, 11) is 0. The van der Waals surface area contributed by atoms with Crippen molar-refractivity contribution < 1.29 is 14.6 Å². The molecule has 3 heteroatoms. The first-order chi connectivity index (χ1) is 8.91. The Labute approximate surface area is 122 Å². The van der Waals surface area contributed by atoms with Crippen molar-refractivity contribution in [3.63, 3.8) is 0 Å². The first-order valence-corrected chi connectivity index (χ1v) is 7.27. The van der Waals surface area contributed by atoms with Gasteiger partial charge in [0.05, 0.1) is 5.60 Å². The number of aliphatic hydroxyl groups is 1. The van der Waals surface area contributed by atoms with Crippen LogP contribution in [0.25, 0.3) is 0 Å². The topological polar surface area (TPSA) is 46.5 Å². The standard InChI is InChI=1S/C17H28O3/c1-8-14(18)20-12-9-10-17(19,16(5,6)7)13(11-12)15(2,3)4/h9,11,19H,8,10H2,1-7H3. The molecule has 0 radical (unpaired) electrons.